The van der Waals surface area contributed by atoms with Crippen molar-refractivity contribution >= 4 is 17.3 Å². The van der Waals surface area contributed by atoms with Crippen LogP contribution in [0.25, 0.3) is 11.1 Å². The van der Waals surface area contributed by atoms with Gasteiger partial charge in [-0.2, -0.15) is 0 Å². The van der Waals surface area contributed by atoms with Gasteiger partial charge >= 0.3 is 0 Å². The summed E-state index contributed by atoms with van der Waals surface area (Å²) in [6, 6.07) is 9.41. The Morgan fingerprint density at radius 1 is 1.20 bits per heavy atom. The van der Waals surface area contributed by atoms with Crippen LogP contribution in [0.15, 0.2) is 36.5 Å². The molecule has 0 unspecified atom stereocenters. The van der Waals surface area contributed by atoms with E-state index in [1.165, 1.54) is 0 Å². The molecule has 3 heteroatoms. The van der Waals surface area contributed by atoms with Crippen molar-refractivity contribution in [2.45, 2.75) is 6.92 Å². The van der Waals surface area contributed by atoms with Gasteiger partial charge in [-0.25, -0.2) is 0 Å². The molecule has 0 spiro atoms. The number of hydrogen-bond acceptors (Lipinski definition) is 2. The monoisotopic (exact) mass is 218 g/mol. The first-order chi connectivity index (χ1) is 7.18. The number of rotatable bonds is 1. The van der Waals surface area contributed by atoms with Crippen LogP contribution in [0.2, 0.25) is 5.02 Å². The number of hydrogen-bond donors (Lipinski definition) is 1. The van der Waals surface area contributed by atoms with Crippen LogP contribution in [0.5, 0.6) is 0 Å². The van der Waals surface area contributed by atoms with Crippen molar-refractivity contribution in [3.8, 4) is 11.1 Å². The lowest BCUT2D eigenvalue weighted by molar-refractivity contribution is 1.20. The predicted octanol–water partition coefficient (Wildman–Crippen LogP) is 3.29. The number of halogens is 1. The van der Waals surface area contributed by atoms with E-state index in [0.29, 0.717) is 10.7 Å². The molecular formula is C12H11ClN2. The highest BCUT2D eigenvalue weighted by atomic mass is 35.5. The number of aryl methyl sites for hydroxylation is 1. The Morgan fingerprint density at radius 2 is 2.00 bits per heavy atom. The minimum absolute atomic E-state index is 0.658. The lowest BCUT2D eigenvalue weighted by atomic mass is 10.0. The average molecular weight is 219 g/mol. The first kappa shape index (κ1) is 9.99. The molecule has 0 fully saturated rings. The SMILES string of the molecule is Cc1ncccc1-c1ccc(N)cc1Cl. The summed E-state index contributed by atoms with van der Waals surface area (Å²) < 4.78 is 0. The highest BCUT2D eigenvalue weighted by molar-refractivity contribution is 6.33. The molecule has 0 radical (unpaired) electrons. The molecule has 1 aromatic carbocycles. The highest BCUT2D eigenvalue weighted by Crippen LogP contribution is 2.30. The van der Waals surface area contributed by atoms with Crippen molar-refractivity contribution in [2.24, 2.45) is 0 Å². The molecule has 0 saturated carbocycles. The summed E-state index contributed by atoms with van der Waals surface area (Å²) in [5, 5.41) is 0.658. The van der Waals surface area contributed by atoms with Gasteiger partial charge < -0.3 is 5.73 Å². The number of anilines is 1. The highest BCUT2D eigenvalue weighted by Gasteiger charge is 2.06. The van der Waals surface area contributed by atoms with E-state index in [1.807, 2.05) is 31.2 Å². The number of aromatic nitrogens is 1. The summed E-state index contributed by atoms with van der Waals surface area (Å²) in [6.07, 6.45) is 1.77. The molecule has 0 aliphatic heterocycles. The fourth-order valence-corrected chi connectivity index (χ4v) is 1.81. The smallest absolute Gasteiger partial charge is 0.0505 e. The largest absolute Gasteiger partial charge is 0.399 e. The van der Waals surface area contributed by atoms with E-state index in [-0.39, 0.29) is 0 Å². The van der Waals surface area contributed by atoms with Gasteiger partial charge in [-0.05, 0) is 25.1 Å². The minimum Gasteiger partial charge on any atom is -0.399 e. The van der Waals surface area contributed by atoms with Crippen LogP contribution in [0.3, 0.4) is 0 Å². The molecule has 2 N–H and O–H groups in total. The summed E-state index contributed by atoms with van der Waals surface area (Å²) in [5.74, 6) is 0. The molecule has 1 heterocycles. The number of nitrogens with two attached hydrogens (primary N) is 1. The van der Waals surface area contributed by atoms with Crippen molar-refractivity contribution in [1.29, 1.82) is 0 Å². The number of nitrogen functional groups attached to an aromatic ring is 1. The average Bonchev–Trinajstić information content (AvgIpc) is 2.20. The van der Waals surface area contributed by atoms with E-state index >= 15 is 0 Å². The number of pyridine rings is 1. The van der Waals surface area contributed by atoms with Crippen molar-refractivity contribution in [3.63, 3.8) is 0 Å². The first-order valence-corrected chi connectivity index (χ1v) is 5.03. The van der Waals surface area contributed by atoms with Crippen molar-refractivity contribution in [3.05, 3.63) is 47.2 Å². The van der Waals surface area contributed by atoms with Crippen LogP contribution in [0.4, 0.5) is 5.69 Å². The van der Waals surface area contributed by atoms with Gasteiger partial charge in [0.05, 0.1) is 5.02 Å². The fraction of sp³-hybridized carbons (Fsp3) is 0.0833. The van der Waals surface area contributed by atoms with Gasteiger partial charge in [-0.3, -0.25) is 4.98 Å². The molecule has 0 saturated heterocycles. The third kappa shape index (κ3) is 1.95. The molecule has 1 aromatic heterocycles. The van der Waals surface area contributed by atoms with Crippen LogP contribution in [-0.2, 0) is 0 Å². The molecule has 0 bridgehead atoms. The summed E-state index contributed by atoms with van der Waals surface area (Å²) in [6.45, 7) is 1.96. The Morgan fingerprint density at radius 3 is 2.67 bits per heavy atom. The van der Waals surface area contributed by atoms with Crippen LogP contribution in [0, 0.1) is 6.92 Å². The third-order valence-corrected chi connectivity index (χ3v) is 2.60. The normalized spacial score (nSPS) is 10.3. The lowest BCUT2D eigenvalue weighted by Crippen LogP contribution is -1.89. The van der Waals surface area contributed by atoms with E-state index in [1.54, 1.807) is 12.3 Å². The second-order valence-corrected chi connectivity index (χ2v) is 3.78. The van der Waals surface area contributed by atoms with Crippen molar-refractivity contribution < 1.29 is 0 Å². The molecule has 15 heavy (non-hydrogen) atoms. The van der Waals surface area contributed by atoms with Crippen LogP contribution < -0.4 is 5.73 Å². The van der Waals surface area contributed by atoms with Gasteiger partial charge in [0.1, 0.15) is 0 Å². The Hall–Kier alpha value is -1.54. The molecular weight excluding hydrogens is 208 g/mol. The van der Waals surface area contributed by atoms with Crippen LogP contribution >= 0.6 is 11.6 Å². The maximum atomic E-state index is 6.13. The van der Waals surface area contributed by atoms with E-state index < -0.39 is 0 Å². The second kappa shape index (κ2) is 3.91. The number of benzene rings is 1. The maximum absolute atomic E-state index is 6.13. The second-order valence-electron chi connectivity index (χ2n) is 3.38. The summed E-state index contributed by atoms with van der Waals surface area (Å²) in [5.41, 5.74) is 9.29. The van der Waals surface area contributed by atoms with Gasteiger partial charge in [-0.15, -0.1) is 0 Å². The molecule has 0 aliphatic rings. The molecule has 0 atom stereocenters. The first-order valence-electron chi connectivity index (χ1n) is 4.65. The fourth-order valence-electron chi connectivity index (χ4n) is 1.52. The van der Waals surface area contributed by atoms with Crippen LogP contribution in [0.1, 0.15) is 5.69 Å². The van der Waals surface area contributed by atoms with Crippen LogP contribution in [-0.4, -0.2) is 4.98 Å². The van der Waals surface area contributed by atoms with E-state index in [2.05, 4.69) is 4.98 Å². The van der Waals surface area contributed by atoms with Gasteiger partial charge in [0.2, 0.25) is 0 Å². The topological polar surface area (TPSA) is 38.9 Å². The molecule has 2 nitrogen and oxygen atoms in total. The van der Waals surface area contributed by atoms with E-state index in [4.69, 9.17) is 17.3 Å². The molecule has 2 rings (SSSR count). The zero-order valence-electron chi connectivity index (χ0n) is 8.37. The molecule has 0 aliphatic carbocycles. The minimum atomic E-state index is 0.658. The van der Waals surface area contributed by atoms with Gasteiger partial charge in [0.25, 0.3) is 0 Å². The Balaban J connectivity index is 2.60. The quantitative estimate of drug-likeness (QED) is 0.746. The van der Waals surface area contributed by atoms with E-state index in [0.717, 1.165) is 16.8 Å². The predicted molar refractivity (Wildman–Crippen MR) is 63.8 cm³/mol. The molecule has 0 amide bonds. The Kier molecular flexibility index (Phi) is 2.60. The summed E-state index contributed by atoms with van der Waals surface area (Å²) in [4.78, 5) is 4.23. The standard InChI is InChI=1S/C12H11ClN2/c1-8-10(3-2-6-15-8)11-5-4-9(14)7-12(11)13/h2-7H,14H2,1H3. The zero-order valence-corrected chi connectivity index (χ0v) is 9.12. The van der Waals surface area contributed by atoms with Gasteiger partial charge in [-0.1, -0.05) is 23.7 Å². The zero-order chi connectivity index (χ0) is 10.8. The number of nitrogens with zero attached hydrogens (tertiary/aromatic N) is 1. The summed E-state index contributed by atoms with van der Waals surface area (Å²) in [7, 11) is 0. The molecule has 2 aromatic rings. The van der Waals surface area contributed by atoms with E-state index in [9.17, 15) is 0 Å². The Labute approximate surface area is 93.7 Å². The Bertz CT molecular complexity index is 495. The third-order valence-electron chi connectivity index (χ3n) is 2.29. The van der Waals surface area contributed by atoms with Crippen molar-refractivity contribution in [2.75, 3.05) is 5.73 Å². The lowest BCUT2D eigenvalue weighted by Gasteiger charge is -2.07. The molecule has 76 valence electrons. The van der Waals surface area contributed by atoms with Gasteiger partial charge in [0.15, 0.2) is 0 Å². The van der Waals surface area contributed by atoms with Crippen molar-refractivity contribution in [1.82, 2.24) is 4.98 Å². The maximum Gasteiger partial charge on any atom is 0.0505 e. The van der Waals surface area contributed by atoms with Gasteiger partial charge in [0, 0.05) is 28.7 Å². The summed E-state index contributed by atoms with van der Waals surface area (Å²) >= 11 is 6.13.